The Balaban J connectivity index is 1.55. The number of hydrogen-bond acceptors (Lipinski definition) is 6. The van der Waals surface area contributed by atoms with E-state index in [2.05, 4.69) is 23.2 Å². The Labute approximate surface area is 203 Å². The molecular formula is C27H27N3O3S. The maximum absolute atomic E-state index is 13.6. The molecule has 0 N–H and O–H groups in total. The molecule has 0 saturated heterocycles. The first-order valence-electron chi connectivity index (χ1n) is 11.4. The average Bonchev–Trinajstić information content (AvgIpc) is 3.48. The zero-order chi connectivity index (χ0) is 23.7. The van der Waals surface area contributed by atoms with E-state index in [9.17, 15) is 4.79 Å². The van der Waals surface area contributed by atoms with Crippen LogP contribution in [0.5, 0.6) is 11.5 Å². The third-order valence-corrected chi connectivity index (χ3v) is 7.48. The van der Waals surface area contributed by atoms with Gasteiger partial charge in [-0.1, -0.05) is 24.3 Å². The molecule has 3 aromatic rings. The number of hydrogen-bond donors (Lipinski definition) is 0. The molecule has 174 valence electrons. The van der Waals surface area contributed by atoms with Crippen molar-refractivity contribution in [2.75, 3.05) is 14.2 Å². The molecular weight excluding hydrogens is 446 g/mol. The van der Waals surface area contributed by atoms with E-state index >= 15 is 0 Å². The number of benzene rings is 2. The number of aromatic nitrogens is 1. The Hall–Kier alpha value is -3.45. The molecule has 1 fully saturated rings. The van der Waals surface area contributed by atoms with Gasteiger partial charge in [0.05, 0.1) is 37.2 Å². The van der Waals surface area contributed by atoms with Crippen LogP contribution in [-0.2, 0) is 0 Å². The van der Waals surface area contributed by atoms with Crippen molar-refractivity contribution < 1.29 is 14.3 Å². The third-order valence-electron chi connectivity index (χ3n) is 6.56. The predicted molar refractivity (Wildman–Crippen MR) is 135 cm³/mol. The SMILES string of the molecule is COc1ccc(/C=C2\CCC[C@@H]3C2=NN(C(=O)c2scnc2C)[C@@H]3c2ccc(OC)cc2)cc1. The van der Waals surface area contributed by atoms with Gasteiger partial charge in [-0.3, -0.25) is 4.79 Å². The van der Waals surface area contributed by atoms with Gasteiger partial charge in [0.15, 0.2) is 0 Å². The standard InChI is InChI=1S/C27H27N3O3S/c1-17-26(34-16-28-17)27(31)30-25(19-9-13-22(33-3)14-10-19)23-6-4-5-20(24(23)29-30)15-18-7-11-21(32-2)12-8-18/h7-16,23,25H,4-6H2,1-3H3/b20-15+/t23-,25-/m1/s1. The van der Waals surface area contributed by atoms with Gasteiger partial charge in [0.25, 0.3) is 5.91 Å². The van der Waals surface area contributed by atoms with Gasteiger partial charge in [-0.05, 0) is 73.2 Å². The van der Waals surface area contributed by atoms with E-state index < -0.39 is 0 Å². The number of allylic oxidation sites excluding steroid dienone is 1. The van der Waals surface area contributed by atoms with Crippen LogP contribution in [-0.4, -0.2) is 35.8 Å². The summed E-state index contributed by atoms with van der Waals surface area (Å²) in [5.74, 6) is 1.68. The van der Waals surface area contributed by atoms with Crippen LogP contribution in [0.4, 0.5) is 0 Å². The Morgan fingerprint density at radius 1 is 1.06 bits per heavy atom. The van der Waals surface area contributed by atoms with E-state index in [-0.39, 0.29) is 17.9 Å². The highest BCUT2D eigenvalue weighted by Gasteiger charge is 2.44. The predicted octanol–water partition coefficient (Wildman–Crippen LogP) is 5.91. The molecule has 1 aliphatic heterocycles. The van der Waals surface area contributed by atoms with Crippen LogP contribution < -0.4 is 9.47 Å². The number of methoxy groups -OCH3 is 2. The van der Waals surface area contributed by atoms with Gasteiger partial charge in [-0.25, -0.2) is 9.99 Å². The lowest BCUT2D eigenvalue weighted by molar-refractivity contribution is 0.0685. The number of nitrogens with zero attached hydrogens (tertiary/aromatic N) is 3. The lowest BCUT2D eigenvalue weighted by Crippen LogP contribution is -2.31. The van der Waals surface area contributed by atoms with Gasteiger partial charge < -0.3 is 9.47 Å². The molecule has 5 rings (SSSR count). The molecule has 2 aliphatic rings. The number of ether oxygens (including phenoxy) is 2. The Morgan fingerprint density at radius 2 is 1.74 bits per heavy atom. The topological polar surface area (TPSA) is 64.0 Å². The van der Waals surface area contributed by atoms with Gasteiger partial charge in [-0.2, -0.15) is 5.10 Å². The smallest absolute Gasteiger partial charge is 0.286 e. The Kier molecular flexibility index (Phi) is 6.20. The average molecular weight is 474 g/mol. The molecule has 6 nitrogen and oxygen atoms in total. The molecule has 1 saturated carbocycles. The summed E-state index contributed by atoms with van der Waals surface area (Å²) < 4.78 is 10.6. The zero-order valence-corrected chi connectivity index (χ0v) is 20.3. The van der Waals surface area contributed by atoms with Gasteiger partial charge in [-0.15, -0.1) is 11.3 Å². The first kappa shape index (κ1) is 22.3. The van der Waals surface area contributed by atoms with E-state index in [1.54, 1.807) is 24.7 Å². The minimum atomic E-state index is -0.158. The largest absolute Gasteiger partial charge is 0.497 e. The number of fused-ring (bicyclic) bond motifs is 1. The van der Waals surface area contributed by atoms with Crippen LogP contribution in [0.2, 0.25) is 0 Å². The summed E-state index contributed by atoms with van der Waals surface area (Å²) in [4.78, 5) is 18.6. The minimum absolute atomic E-state index is 0.0912. The second-order valence-electron chi connectivity index (χ2n) is 8.56. The summed E-state index contributed by atoms with van der Waals surface area (Å²) in [5.41, 5.74) is 6.83. The monoisotopic (exact) mass is 473 g/mol. The van der Waals surface area contributed by atoms with E-state index in [4.69, 9.17) is 14.6 Å². The molecule has 34 heavy (non-hydrogen) atoms. The van der Waals surface area contributed by atoms with Gasteiger partial charge in [0, 0.05) is 5.92 Å². The van der Waals surface area contributed by atoms with E-state index in [0.29, 0.717) is 4.88 Å². The van der Waals surface area contributed by atoms with Crippen molar-refractivity contribution in [3.05, 3.63) is 81.3 Å². The van der Waals surface area contributed by atoms with Crippen LogP contribution in [0.3, 0.4) is 0 Å². The molecule has 1 aliphatic carbocycles. The number of hydrazone groups is 1. The van der Waals surface area contributed by atoms with Crippen molar-refractivity contribution in [3.63, 3.8) is 0 Å². The fourth-order valence-corrected chi connectivity index (χ4v) is 5.55. The summed E-state index contributed by atoms with van der Waals surface area (Å²) in [7, 11) is 3.33. The van der Waals surface area contributed by atoms with Crippen molar-refractivity contribution in [2.24, 2.45) is 11.0 Å². The molecule has 0 spiro atoms. The van der Waals surface area contributed by atoms with Crippen LogP contribution >= 0.6 is 11.3 Å². The maximum atomic E-state index is 13.6. The molecule has 1 amide bonds. The first-order chi connectivity index (χ1) is 16.6. The van der Waals surface area contributed by atoms with Crippen molar-refractivity contribution in [3.8, 4) is 11.5 Å². The second kappa shape index (κ2) is 9.43. The van der Waals surface area contributed by atoms with Crippen molar-refractivity contribution in [1.82, 2.24) is 9.99 Å². The Bertz CT molecular complexity index is 1240. The number of amides is 1. The fourth-order valence-electron chi connectivity index (χ4n) is 4.81. The summed E-state index contributed by atoms with van der Waals surface area (Å²) in [5, 5.41) is 6.66. The maximum Gasteiger partial charge on any atom is 0.286 e. The molecule has 1 aromatic heterocycles. The number of carbonyl (C=O) groups is 1. The first-order valence-corrected chi connectivity index (χ1v) is 12.3. The molecule has 0 bridgehead atoms. The van der Waals surface area contributed by atoms with E-state index in [1.807, 2.05) is 43.3 Å². The highest BCUT2D eigenvalue weighted by molar-refractivity contribution is 7.11. The van der Waals surface area contributed by atoms with Crippen molar-refractivity contribution in [1.29, 1.82) is 0 Å². The van der Waals surface area contributed by atoms with E-state index in [0.717, 1.165) is 53.3 Å². The van der Waals surface area contributed by atoms with Crippen molar-refractivity contribution >= 4 is 29.0 Å². The number of carbonyl (C=O) groups excluding carboxylic acids is 1. The van der Waals surface area contributed by atoms with Crippen LogP contribution in [0, 0.1) is 12.8 Å². The van der Waals surface area contributed by atoms with E-state index in [1.165, 1.54) is 16.9 Å². The summed E-state index contributed by atoms with van der Waals surface area (Å²) in [6.45, 7) is 1.87. The fraction of sp³-hybridized carbons (Fsp3) is 0.296. The van der Waals surface area contributed by atoms with Crippen LogP contribution in [0.25, 0.3) is 6.08 Å². The highest BCUT2D eigenvalue weighted by atomic mass is 32.1. The molecule has 0 unspecified atom stereocenters. The molecule has 7 heteroatoms. The molecule has 2 heterocycles. The number of rotatable bonds is 5. The highest BCUT2D eigenvalue weighted by Crippen LogP contribution is 2.45. The number of thiazole rings is 1. The number of aryl methyl sites for hydroxylation is 1. The lowest BCUT2D eigenvalue weighted by Gasteiger charge is -2.29. The molecule has 2 atom stereocenters. The quantitative estimate of drug-likeness (QED) is 0.462. The van der Waals surface area contributed by atoms with Gasteiger partial charge >= 0.3 is 0 Å². The van der Waals surface area contributed by atoms with Gasteiger partial charge in [0.1, 0.15) is 16.4 Å². The lowest BCUT2D eigenvalue weighted by atomic mass is 9.77. The second-order valence-corrected chi connectivity index (χ2v) is 9.42. The summed E-state index contributed by atoms with van der Waals surface area (Å²) in [6, 6.07) is 15.9. The molecule has 2 aromatic carbocycles. The molecule has 0 radical (unpaired) electrons. The summed E-state index contributed by atoms with van der Waals surface area (Å²) in [6.07, 6.45) is 5.18. The van der Waals surface area contributed by atoms with Crippen LogP contribution in [0.1, 0.15) is 51.8 Å². The van der Waals surface area contributed by atoms with Crippen LogP contribution in [0.15, 0.2) is 64.7 Å². The Morgan fingerprint density at radius 3 is 2.35 bits per heavy atom. The normalized spacial score (nSPS) is 20.7. The zero-order valence-electron chi connectivity index (χ0n) is 19.5. The third kappa shape index (κ3) is 4.12. The van der Waals surface area contributed by atoms with Gasteiger partial charge in [0.2, 0.25) is 0 Å². The minimum Gasteiger partial charge on any atom is -0.497 e. The van der Waals surface area contributed by atoms with Crippen molar-refractivity contribution in [2.45, 2.75) is 32.2 Å². The summed E-state index contributed by atoms with van der Waals surface area (Å²) >= 11 is 1.37.